The second-order valence-corrected chi connectivity index (χ2v) is 5.99. The van der Waals surface area contributed by atoms with Crippen LogP contribution in [0.2, 0.25) is 0 Å². The van der Waals surface area contributed by atoms with Gasteiger partial charge in [-0.2, -0.15) is 0 Å². The summed E-state index contributed by atoms with van der Waals surface area (Å²) >= 11 is 0. The first kappa shape index (κ1) is 19.9. The molecule has 0 radical (unpaired) electrons. The number of benzene rings is 2. The van der Waals surface area contributed by atoms with Gasteiger partial charge in [-0.05, 0) is 24.1 Å². The molecule has 0 saturated carbocycles. The third-order valence-electron chi connectivity index (χ3n) is 3.59. The molecule has 0 heterocycles. The summed E-state index contributed by atoms with van der Waals surface area (Å²) in [6, 6.07) is 16.8. The molecule has 2 aromatic rings. The molecule has 2 rings (SSSR count). The van der Waals surface area contributed by atoms with E-state index in [1.165, 1.54) is 13.0 Å². The van der Waals surface area contributed by atoms with E-state index in [1.54, 1.807) is 24.3 Å². The van der Waals surface area contributed by atoms with Gasteiger partial charge in [0.2, 0.25) is 5.91 Å². The predicted molar refractivity (Wildman–Crippen MR) is 102 cm³/mol. The Labute approximate surface area is 158 Å². The van der Waals surface area contributed by atoms with Crippen molar-refractivity contribution in [3.8, 4) is 0 Å². The van der Waals surface area contributed by atoms with Crippen LogP contribution in [0.3, 0.4) is 0 Å². The highest BCUT2D eigenvalue weighted by molar-refractivity contribution is 5.98. The Balaban J connectivity index is 1.90. The maximum Gasteiger partial charge on any atom is 0.355 e. The molecule has 0 bridgehead atoms. The Morgan fingerprint density at radius 3 is 2.30 bits per heavy atom. The van der Waals surface area contributed by atoms with Crippen molar-refractivity contribution in [2.24, 2.45) is 0 Å². The van der Waals surface area contributed by atoms with Crippen LogP contribution >= 0.6 is 0 Å². The first-order valence-electron chi connectivity index (χ1n) is 8.48. The molecule has 6 heteroatoms. The van der Waals surface area contributed by atoms with Gasteiger partial charge in [-0.15, -0.1) is 0 Å². The molecule has 6 nitrogen and oxygen atoms in total. The Kier molecular flexibility index (Phi) is 7.31. The molecule has 0 aliphatic heterocycles. The van der Waals surface area contributed by atoms with Crippen LogP contribution in [0.5, 0.6) is 0 Å². The zero-order chi connectivity index (χ0) is 19.6. The summed E-state index contributed by atoms with van der Waals surface area (Å²) in [4.78, 5) is 35.4. The Morgan fingerprint density at radius 2 is 1.67 bits per heavy atom. The fourth-order valence-electron chi connectivity index (χ4n) is 2.22. The largest absolute Gasteiger partial charge is 0.451 e. The van der Waals surface area contributed by atoms with Crippen LogP contribution in [0.15, 0.2) is 60.3 Å². The maximum atomic E-state index is 12.2. The Morgan fingerprint density at radius 1 is 1.00 bits per heavy atom. The zero-order valence-electron chi connectivity index (χ0n) is 15.3. The monoisotopic (exact) mass is 366 g/mol. The highest BCUT2D eigenvalue weighted by atomic mass is 16.5. The summed E-state index contributed by atoms with van der Waals surface area (Å²) in [5, 5.41) is 5.11. The molecule has 2 amide bonds. The molecule has 0 aliphatic carbocycles. The molecule has 2 aromatic carbocycles. The van der Waals surface area contributed by atoms with Crippen molar-refractivity contribution in [1.29, 1.82) is 0 Å². The maximum absolute atomic E-state index is 12.2. The van der Waals surface area contributed by atoms with Crippen LogP contribution in [0, 0.1) is 6.92 Å². The number of amides is 2. The third-order valence-corrected chi connectivity index (χ3v) is 3.59. The van der Waals surface area contributed by atoms with Crippen molar-refractivity contribution in [2.75, 3.05) is 6.61 Å². The fraction of sp³-hybridized carbons (Fsp3) is 0.190. The van der Waals surface area contributed by atoms with Crippen molar-refractivity contribution in [1.82, 2.24) is 10.6 Å². The normalized spacial score (nSPS) is 10.8. The first-order valence-corrected chi connectivity index (χ1v) is 8.48. The summed E-state index contributed by atoms with van der Waals surface area (Å²) in [5.74, 6) is -1.61. The molecule has 27 heavy (non-hydrogen) atoms. The van der Waals surface area contributed by atoms with Crippen molar-refractivity contribution in [2.45, 2.75) is 20.4 Å². The van der Waals surface area contributed by atoms with E-state index >= 15 is 0 Å². The molecule has 0 unspecified atom stereocenters. The third kappa shape index (κ3) is 7.15. The number of hydrogen-bond acceptors (Lipinski definition) is 4. The number of hydrogen-bond donors (Lipinski definition) is 2. The molecule has 0 atom stereocenters. The van der Waals surface area contributed by atoms with Gasteiger partial charge in [-0.1, -0.05) is 60.2 Å². The lowest BCUT2D eigenvalue weighted by Gasteiger charge is -2.10. The highest BCUT2D eigenvalue weighted by Gasteiger charge is 2.14. The van der Waals surface area contributed by atoms with Crippen LogP contribution in [0.1, 0.15) is 23.6 Å². The van der Waals surface area contributed by atoms with E-state index in [0.29, 0.717) is 6.54 Å². The van der Waals surface area contributed by atoms with E-state index in [9.17, 15) is 14.4 Å². The quantitative estimate of drug-likeness (QED) is 0.582. The summed E-state index contributed by atoms with van der Waals surface area (Å²) in [6.45, 7) is 3.18. The van der Waals surface area contributed by atoms with E-state index in [4.69, 9.17) is 4.74 Å². The average molecular weight is 366 g/mol. The SMILES string of the molecule is CC(=O)N/C(=C\c1ccccc1)C(=O)OCC(=O)NCc1ccc(C)cc1. The number of aryl methyl sites for hydroxylation is 1. The van der Waals surface area contributed by atoms with Gasteiger partial charge in [0.15, 0.2) is 6.61 Å². The lowest BCUT2D eigenvalue weighted by Crippen LogP contribution is -2.31. The summed E-state index contributed by atoms with van der Waals surface area (Å²) in [6.07, 6.45) is 1.49. The summed E-state index contributed by atoms with van der Waals surface area (Å²) in [5.41, 5.74) is 2.78. The van der Waals surface area contributed by atoms with E-state index in [1.807, 2.05) is 37.3 Å². The van der Waals surface area contributed by atoms with Crippen molar-refractivity contribution < 1.29 is 19.1 Å². The lowest BCUT2D eigenvalue weighted by atomic mass is 10.1. The van der Waals surface area contributed by atoms with E-state index < -0.39 is 24.4 Å². The average Bonchev–Trinajstić information content (AvgIpc) is 2.65. The number of rotatable bonds is 7. The Bertz CT molecular complexity index is 827. The van der Waals surface area contributed by atoms with E-state index in [0.717, 1.165) is 16.7 Å². The molecule has 140 valence electrons. The fourth-order valence-corrected chi connectivity index (χ4v) is 2.22. The second kappa shape index (κ2) is 9.91. The highest BCUT2D eigenvalue weighted by Crippen LogP contribution is 2.07. The molecule has 0 aromatic heterocycles. The number of nitrogens with one attached hydrogen (secondary N) is 2. The van der Waals surface area contributed by atoms with E-state index in [-0.39, 0.29) is 5.70 Å². The molecule has 0 spiro atoms. The lowest BCUT2D eigenvalue weighted by molar-refractivity contribution is -0.145. The molecular formula is C21H22N2O4. The van der Waals surface area contributed by atoms with E-state index in [2.05, 4.69) is 10.6 Å². The number of esters is 1. The Hall–Kier alpha value is -3.41. The van der Waals surface area contributed by atoms with Gasteiger partial charge < -0.3 is 15.4 Å². The molecular weight excluding hydrogens is 344 g/mol. The van der Waals surface area contributed by atoms with Crippen LogP contribution in [-0.4, -0.2) is 24.4 Å². The minimum Gasteiger partial charge on any atom is -0.451 e. The zero-order valence-corrected chi connectivity index (χ0v) is 15.3. The topological polar surface area (TPSA) is 84.5 Å². The molecule has 0 aliphatic rings. The molecule has 0 fully saturated rings. The molecule has 2 N–H and O–H groups in total. The van der Waals surface area contributed by atoms with Crippen molar-refractivity contribution in [3.05, 3.63) is 77.0 Å². The van der Waals surface area contributed by atoms with Gasteiger partial charge in [0.05, 0.1) is 0 Å². The van der Waals surface area contributed by atoms with Crippen molar-refractivity contribution >= 4 is 23.9 Å². The predicted octanol–water partition coefficient (Wildman–Crippen LogP) is 2.33. The van der Waals surface area contributed by atoms with Gasteiger partial charge in [0, 0.05) is 13.5 Å². The van der Waals surface area contributed by atoms with Crippen LogP contribution in [0.4, 0.5) is 0 Å². The molecule has 0 saturated heterocycles. The summed E-state index contributed by atoms with van der Waals surface area (Å²) < 4.78 is 5.01. The minimum absolute atomic E-state index is 0.0277. The first-order chi connectivity index (χ1) is 12.9. The number of carbonyl (C=O) groups excluding carboxylic acids is 3. The number of ether oxygens (including phenoxy) is 1. The standard InChI is InChI=1S/C21H22N2O4/c1-15-8-10-18(11-9-15)13-22-20(25)14-27-21(26)19(23-16(2)24)12-17-6-4-3-5-7-17/h3-12H,13-14H2,1-2H3,(H,22,25)(H,23,24)/b19-12-. The van der Waals surface area contributed by atoms with Gasteiger partial charge >= 0.3 is 5.97 Å². The van der Waals surface area contributed by atoms with Gasteiger partial charge in [0.25, 0.3) is 5.91 Å². The number of carbonyl (C=O) groups is 3. The van der Waals surface area contributed by atoms with Crippen molar-refractivity contribution in [3.63, 3.8) is 0 Å². The smallest absolute Gasteiger partial charge is 0.355 e. The van der Waals surface area contributed by atoms with Gasteiger partial charge in [0.1, 0.15) is 5.70 Å². The van der Waals surface area contributed by atoms with Crippen LogP contribution < -0.4 is 10.6 Å². The minimum atomic E-state index is -0.778. The summed E-state index contributed by atoms with van der Waals surface area (Å²) in [7, 11) is 0. The van der Waals surface area contributed by atoms with Crippen LogP contribution in [-0.2, 0) is 25.7 Å². The van der Waals surface area contributed by atoms with Gasteiger partial charge in [-0.25, -0.2) is 4.79 Å². The van der Waals surface area contributed by atoms with Crippen LogP contribution in [0.25, 0.3) is 6.08 Å². The second-order valence-electron chi connectivity index (χ2n) is 5.99. The van der Waals surface area contributed by atoms with Gasteiger partial charge in [-0.3, -0.25) is 9.59 Å².